The van der Waals surface area contributed by atoms with Crippen LogP contribution >= 0.6 is 0 Å². The van der Waals surface area contributed by atoms with Gasteiger partial charge in [-0.2, -0.15) is 42.0 Å². The van der Waals surface area contributed by atoms with E-state index in [0.717, 1.165) is 6.42 Å². The molecule has 0 aromatic heterocycles. The molecular weight excluding hydrogens is 622 g/mol. The number of hydrogen-bond acceptors (Lipinski definition) is 0. The second-order valence-electron chi connectivity index (χ2n) is 10.6. The van der Waals surface area contributed by atoms with Gasteiger partial charge in [-0.15, -0.1) is 11.1 Å². The first-order chi connectivity index (χ1) is 15.0. The molecule has 0 saturated heterocycles. The van der Waals surface area contributed by atoms with Gasteiger partial charge in [-0.3, -0.25) is 0 Å². The van der Waals surface area contributed by atoms with Gasteiger partial charge in [0.2, 0.25) is 0 Å². The quantitative estimate of drug-likeness (QED) is 0.229. The molecule has 1 aliphatic rings. The van der Waals surface area contributed by atoms with Gasteiger partial charge in [0.1, 0.15) is 0 Å². The molecule has 0 saturated carbocycles. The van der Waals surface area contributed by atoms with Crippen LogP contribution in [-0.2, 0) is 41.1 Å². The van der Waals surface area contributed by atoms with Crippen molar-refractivity contribution in [2.45, 2.75) is 85.5 Å². The van der Waals surface area contributed by atoms with Crippen LogP contribution in [0.5, 0.6) is 0 Å². The van der Waals surface area contributed by atoms with Crippen molar-refractivity contribution in [2.75, 3.05) is 0 Å². The summed E-state index contributed by atoms with van der Waals surface area (Å²) in [5.74, 6) is 0. The summed E-state index contributed by atoms with van der Waals surface area (Å²) in [7, 11) is 0. The fourth-order valence-corrected chi connectivity index (χ4v) is 3.60. The zero-order chi connectivity index (χ0) is 23.9. The third-order valence-electron chi connectivity index (χ3n) is 5.87. The molecular formula is C31H40Cl2Hf-2. The van der Waals surface area contributed by atoms with Crippen molar-refractivity contribution < 1.29 is 48.7 Å². The molecule has 0 fully saturated rings. The van der Waals surface area contributed by atoms with Crippen LogP contribution in [0.3, 0.4) is 0 Å². The second kappa shape index (κ2) is 14.6. The Morgan fingerprint density at radius 3 is 1.82 bits per heavy atom. The van der Waals surface area contributed by atoms with E-state index in [-0.39, 0.29) is 35.6 Å². The molecule has 34 heavy (non-hydrogen) atoms. The Kier molecular flexibility index (Phi) is 14.2. The van der Waals surface area contributed by atoms with Crippen LogP contribution in [0.15, 0.2) is 60.7 Å². The molecule has 4 rings (SSSR count). The standard InChI is InChI=1S/C21H25.C5H5.C5H10.2ClH.Hf/c1-20(2,3)16-7-9-18-14(12-16)11-15-13-17(21(4,5)6)8-10-19(15)18;1-2-4-5-3-1;1-3-5-4-2;;;/h7-10,12H,11H2,1-6H3;1-5H;3-4H2,1-2H3;2*1H;/q2*-1;;;;+2/p-2. The van der Waals surface area contributed by atoms with E-state index in [1.165, 1.54) is 70.1 Å². The van der Waals surface area contributed by atoms with E-state index in [1.807, 2.05) is 30.3 Å². The Morgan fingerprint density at radius 1 is 0.853 bits per heavy atom. The van der Waals surface area contributed by atoms with Crippen LogP contribution < -0.4 is 24.8 Å². The van der Waals surface area contributed by atoms with Gasteiger partial charge in [0.25, 0.3) is 0 Å². The number of fused-ring (bicyclic) bond motifs is 3. The topological polar surface area (TPSA) is 0 Å². The Labute approximate surface area is 236 Å². The van der Waals surface area contributed by atoms with Crippen LogP contribution in [0.2, 0.25) is 0 Å². The molecule has 0 nitrogen and oxygen atoms in total. The summed E-state index contributed by atoms with van der Waals surface area (Å²) in [6, 6.07) is 25.2. The SMILES string of the molecule is CC(C)(C)c1[c-]c2c(cc1)-c1ccc(C(C)(C)C)cc1C2.CC[C](=[Hf+2])CC.[Cl-].[Cl-].c1cc[cH-]c1. The minimum absolute atomic E-state index is 0. The summed E-state index contributed by atoms with van der Waals surface area (Å²) in [5.41, 5.74) is 8.70. The Morgan fingerprint density at radius 2 is 1.41 bits per heavy atom. The van der Waals surface area contributed by atoms with Crippen molar-refractivity contribution in [3.05, 3.63) is 89.0 Å². The van der Waals surface area contributed by atoms with Gasteiger partial charge in [0.05, 0.1) is 0 Å². The van der Waals surface area contributed by atoms with E-state index in [2.05, 4.69) is 91.8 Å². The maximum Gasteiger partial charge on any atom is -0.172 e. The minimum Gasteiger partial charge on any atom is -1.00 e. The predicted octanol–water partition coefficient (Wildman–Crippen LogP) is 2.59. The maximum absolute atomic E-state index is 3.67. The Balaban J connectivity index is 0.000000700. The average Bonchev–Trinajstić information content (AvgIpc) is 3.42. The van der Waals surface area contributed by atoms with Gasteiger partial charge in [0, 0.05) is 0 Å². The molecule has 0 atom stereocenters. The molecule has 0 heterocycles. The first-order valence-electron chi connectivity index (χ1n) is 11.9. The van der Waals surface area contributed by atoms with Crippen LogP contribution in [0.4, 0.5) is 0 Å². The average molecular weight is 662 g/mol. The van der Waals surface area contributed by atoms with E-state index >= 15 is 0 Å². The van der Waals surface area contributed by atoms with Gasteiger partial charge in [-0.25, -0.2) is 12.1 Å². The van der Waals surface area contributed by atoms with E-state index in [9.17, 15) is 0 Å². The van der Waals surface area contributed by atoms with Crippen molar-refractivity contribution in [1.82, 2.24) is 0 Å². The fourth-order valence-electron chi connectivity index (χ4n) is 3.60. The summed E-state index contributed by atoms with van der Waals surface area (Å²) in [5, 5.41) is 0. The van der Waals surface area contributed by atoms with E-state index < -0.39 is 0 Å². The summed E-state index contributed by atoms with van der Waals surface area (Å²) in [4.78, 5) is 0. The van der Waals surface area contributed by atoms with Crippen molar-refractivity contribution in [2.24, 2.45) is 0 Å². The molecule has 0 amide bonds. The molecule has 0 spiro atoms. The monoisotopic (exact) mass is 662 g/mol. The molecule has 0 N–H and O–H groups in total. The molecule has 0 bridgehead atoms. The van der Waals surface area contributed by atoms with E-state index in [4.69, 9.17) is 0 Å². The van der Waals surface area contributed by atoms with Gasteiger partial charge < -0.3 is 24.8 Å². The summed E-state index contributed by atoms with van der Waals surface area (Å²) in [6.07, 6.45) is 3.64. The van der Waals surface area contributed by atoms with Crippen molar-refractivity contribution >= 4 is 3.26 Å². The van der Waals surface area contributed by atoms with Crippen LogP contribution in [-0.4, -0.2) is 3.26 Å². The zero-order valence-corrected chi connectivity index (χ0v) is 27.3. The first-order valence-corrected chi connectivity index (χ1v) is 13.7. The fraction of sp³-hybridized carbons (Fsp3) is 0.419. The van der Waals surface area contributed by atoms with Crippen LogP contribution in [0, 0.1) is 6.07 Å². The van der Waals surface area contributed by atoms with E-state index in [0.29, 0.717) is 0 Å². The van der Waals surface area contributed by atoms with Crippen molar-refractivity contribution in [1.29, 1.82) is 0 Å². The second-order valence-corrected chi connectivity index (χ2v) is 13.1. The van der Waals surface area contributed by atoms with Gasteiger partial charge >= 0.3 is 53.8 Å². The predicted molar refractivity (Wildman–Crippen MR) is 139 cm³/mol. The largest absolute Gasteiger partial charge is 1.00 e. The van der Waals surface area contributed by atoms with Gasteiger partial charge in [-0.05, 0) is 28.4 Å². The van der Waals surface area contributed by atoms with Crippen molar-refractivity contribution in [3.63, 3.8) is 0 Å². The summed E-state index contributed by atoms with van der Waals surface area (Å²) in [6.45, 7) is 18.1. The maximum atomic E-state index is 3.67. The molecule has 3 aromatic rings. The smallest absolute Gasteiger partial charge is 0.172 e. The number of hydrogen-bond donors (Lipinski definition) is 0. The molecule has 184 valence electrons. The molecule has 3 aromatic carbocycles. The number of halogens is 2. The number of benzene rings is 2. The Hall–Kier alpha value is -0.890. The third-order valence-corrected chi connectivity index (χ3v) is 8.41. The Bertz CT molecular complexity index is 918. The van der Waals surface area contributed by atoms with Crippen LogP contribution in [0.1, 0.15) is 90.5 Å². The van der Waals surface area contributed by atoms with Crippen LogP contribution in [0.25, 0.3) is 11.1 Å². The summed E-state index contributed by atoms with van der Waals surface area (Å²) >= 11 is 1.31. The minimum atomic E-state index is 0. The summed E-state index contributed by atoms with van der Waals surface area (Å²) < 4.78 is 1.73. The molecule has 3 heteroatoms. The first kappa shape index (κ1) is 33.1. The van der Waals surface area contributed by atoms with E-state index in [1.54, 1.807) is 3.26 Å². The molecule has 1 aliphatic carbocycles. The molecule has 0 aliphatic heterocycles. The number of rotatable bonds is 2. The molecule has 0 unspecified atom stereocenters. The molecule has 0 radical (unpaired) electrons. The van der Waals surface area contributed by atoms with Crippen molar-refractivity contribution in [3.8, 4) is 11.1 Å². The van der Waals surface area contributed by atoms with Gasteiger partial charge in [-0.1, -0.05) is 65.3 Å². The normalized spacial score (nSPS) is 11.4. The van der Waals surface area contributed by atoms with Gasteiger partial charge in [0.15, 0.2) is 0 Å². The third kappa shape index (κ3) is 9.63. The zero-order valence-electron chi connectivity index (χ0n) is 22.2.